The lowest BCUT2D eigenvalue weighted by molar-refractivity contribution is 0.232. The normalized spacial score (nSPS) is 27.6. The van der Waals surface area contributed by atoms with Crippen LogP contribution in [0.25, 0.3) is 0 Å². The molecular weight excluding hydrogens is 208 g/mol. The van der Waals surface area contributed by atoms with Crippen LogP contribution in [0.5, 0.6) is 0 Å². The standard InChI is InChI=1S/C4H6O6S2/c5-11(6)2-1-4(3-11)10-12(7,8)9/h1-2,4H,3H2,(H,7,8,9)/p-1/t4-/m0/s1. The highest BCUT2D eigenvalue weighted by molar-refractivity contribution is 7.94. The fourth-order valence-electron chi connectivity index (χ4n) is 0.759. The Hall–Kier alpha value is -0.440. The fraction of sp³-hybridized carbons (Fsp3) is 0.500. The first-order valence-corrected chi connectivity index (χ1v) is 5.88. The zero-order chi connectivity index (χ0) is 9.41. The Balaban J connectivity index is 2.69. The molecule has 0 fully saturated rings. The maximum absolute atomic E-state index is 10.7. The number of hydrogen-bond donors (Lipinski definition) is 0. The molecule has 0 saturated heterocycles. The smallest absolute Gasteiger partial charge is 0.218 e. The lowest BCUT2D eigenvalue weighted by atomic mass is 10.4. The number of rotatable bonds is 2. The molecule has 70 valence electrons. The molecule has 0 spiro atoms. The van der Waals surface area contributed by atoms with Crippen LogP contribution in [0, 0.1) is 0 Å². The minimum atomic E-state index is -4.82. The van der Waals surface area contributed by atoms with Crippen LogP contribution >= 0.6 is 0 Å². The molecule has 0 aromatic heterocycles. The van der Waals surface area contributed by atoms with Gasteiger partial charge in [0.2, 0.25) is 10.4 Å². The Kier molecular flexibility index (Phi) is 2.25. The molecule has 0 radical (unpaired) electrons. The molecule has 0 amide bonds. The second-order valence-corrected chi connectivity index (χ2v) is 5.14. The molecule has 1 atom stereocenters. The third kappa shape index (κ3) is 2.89. The summed E-state index contributed by atoms with van der Waals surface area (Å²) in [4.78, 5) is 0. The van der Waals surface area contributed by atoms with E-state index in [1.165, 1.54) is 0 Å². The summed E-state index contributed by atoms with van der Waals surface area (Å²) in [5.74, 6) is -0.492. The van der Waals surface area contributed by atoms with E-state index in [2.05, 4.69) is 4.18 Å². The summed E-state index contributed by atoms with van der Waals surface area (Å²) in [6.07, 6.45) is -0.150. The quantitative estimate of drug-likeness (QED) is 0.420. The maximum Gasteiger partial charge on any atom is 0.218 e. The van der Waals surface area contributed by atoms with Gasteiger partial charge in [-0.15, -0.1) is 0 Å². The lowest BCUT2D eigenvalue weighted by Crippen LogP contribution is -2.19. The van der Waals surface area contributed by atoms with Crippen molar-refractivity contribution in [1.29, 1.82) is 0 Å². The van der Waals surface area contributed by atoms with Crippen LogP contribution in [0.1, 0.15) is 0 Å². The molecule has 0 unspecified atom stereocenters. The van der Waals surface area contributed by atoms with Crippen LogP contribution in [-0.2, 0) is 24.4 Å². The molecule has 0 saturated carbocycles. The van der Waals surface area contributed by atoms with Gasteiger partial charge in [0.1, 0.15) is 6.10 Å². The molecule has 0 aromatic carbocycles. The van der Waals surface area contributed by atoms with Gasteiger partial charge in [0.25, 0.3) is 0 Å². The highest BCUT2D eigenvalue weighted by atomic mass is 32.3. The van der Waals surface area contributed by atoms with Gasteiger partial charge in [-0.1, -0.05) is 0 Å². The number of sulfone groups is 1. The van der Waals surface area contributed by atoms with Crippen molar-refractivity contribution in [2.24, 2.45) is 0 Å². The van der Waals surface area contributed by atoms with Crippen molar-refractivity contribution in [3.8, 4) is 0 Å². The maximum atomic E-state index is 10.7. The van der Waals surface area contributed by atoms with E-state index in [9.17, 15) is 21.4 Å². The van der Waals surface area contributed by atoms with Crippen LogP contribution in [0.3, 0.4) is 0 Å². The summed E-state index contributed by atoms with van der Waals surface area (Å²) in [5, 5.41) is 0.822. The third-order valence-corrected chi connectivity index (χ3v) is 2.99. The van der Waals surface area contributed by atoms with E-state index in [-0.39, 0.29) is 0 Å². The SMILES string of the molecule is O=S1(=O)C=C[C@H](OS(=O)(=O)[O-])C1. The summed E-state index contributed by atoms with van der Waals surface area (Å²) < 4.78 is 55.2. The van der Waals surface area contributed by atoms with Crippen molar-refractivity contribution in [2.45, 2.75) is 6.10 Å². The molecule has 1 aliphatic rings. The van der Waals surface area contributed by atoms with E-state index in [0.717, 1.165) is 11.5 Å². The topological polar surface area (TPSA) is 101 Å². The zero-order valence-electron chi connectivity index (χ0n) is 5.71. The summed E-state index contributed by atoms with van der Waals surface area (Å²) in [6, 6.07) is 0. The van der Waals surface area contributed by atoms with Gasteiger partial charge in [0, 0.05) is 5.41 Å². The second kappa shape index (κ2) is 2.80. The van der Waals surface area contributed by atoms with Gasteiger partial charge in [-0.25, -0.2) is 16.8 Å². The first kappa shape index (κ1) is 9.65. The molecule has 1 aliphatic heterocycles. The Morgan fingerprint density at radius 1 is 1.50 bits per heavy atom. The molecule has 0 bridgehead atoms. The van der Waals surface area contributed by atoms with Gasteiger partial charge in [-0.05, 0) is 6.08 Å². The van der Waals surface area contributed by atoms with E-state index >= 15 is 0 Å². The Bertz CT molecular complexity index is 387. The molecule has 0 aliphatic carbocycles. The zero-order valence-corrected chi connectivity index (χ0v) is 7.34. The van der Waals surface area contributed by atoms with Crippen molar-refractivity contribution in [1.82, 2.24) is 0 Å². The fourth-order valence-corrected chi connectivity index (χ4v) is 2.44. The van der Waals surface area contributed by atoms with E-state index < -0.39 is 32.1 Å². The van der Waals surface area contributed by atoms with Crippen molar-refractivity contribution in [2.75, 3.05) is 5.75 Å². The largest absolute Gasteiger partial charge is 0.726 e. The highest BCUT2D eigenvalue weighted by Crippen LogP contribution is 2.12. The molecular formula is C4H5O6S2-. The number of hydrogen-bond acceptors (Lipinski definition) is 6. The molecule has 0 aromatic rings. The van der Waals surface area contributed by atoms with Crippen molar-refractivity contribution < 1.29 is 25.6 Å². The van der Waals surface area contributed by atoms with Crippen LogP contribution in [0.4, 0.5) is 0 Å². The summed E-state index contributed by atoms with van der Waals surface area (Å²) in [7, 11) is -8.20. The monoisotopic (exact) mass is 213 g/mol. The molecule has 8 heteroatoms. The summed E-state index contributed by atoms with van der Waals surface area (Å²) in [5.41, 5.74) is 0. The highest BCUT2D eigenvalue weighted by Gasteiger charge is 2.23. The molecule has 1 rings (SSSR count). The predicted octanol–water partition coefficient (Wildman–Crippen LogP) is -1.23. The summed E-state index contributed by atoms with van der Waals surface area (Å²) >= 11 is 0. The first-order chi connectivity index (χ1) is 5.29. The van der Waals surface area contributed by atoms with E-state index in [1.807, 2.05) is 0 Å². The van der Waals surface area contributed by atoms with Crippen LogP contribution in [-0.4, -0.2) is 33.2 Å². The lowest BCUT2D eigenvalue weighted by Gasteiger charge is -2.10. The third-order valence-electron chi connectivity index (χ3n) is 1.14. The molecule has 12 heavy (non-hydrogen) atoms. The molecule has 1 heterocycles. The Morgan fingerprint density at radius 2 is 2.08 bits per heavy atom. The van der Waals surface area contributed by atoms with Gasteiger partial charge in [-0.2, -0.15) is 0 Å². The van der Waals surface area contributed by atoms with Crippen LogP contribution < -0.4 is 0 Å². The summed E-state index contributed by atoms with van der Waals surface area (Å²) in [6.45, 7) is 0. The van der Waals surface area contributed by atoms with Crippen LogP contribution in [0.2, 0.25) is 0 Å². The minimum Gasteiger partial charge on any atom is -0.726 e. The van der Waals surface area contributed by atoms with E-state index in [0.29, 0.717) is 0 Å². The van der Waals surface area contributed by atoms with Crippen LogP contribution in [0.15, 0.2) is 11.5 Å². The van der Waals surface area contributed by atoms with Gasteiger partial charge in [0.05, 0.1) is 5.75 Å². The van der Waals surface area contributed by atoms with Gasteiger partial charge >= 0.3 is 0 Å². The van der Waals surface area contributed by atoms with Gasteiger partial charge in [-0.3, -0.25) is 4.18 Å². The van der Waals surface area contributed by atoms with Gasteiger partial charge < -0.3 is 4.55 Å². The van der Waals surface area contributed by atoms with E-state index in [4.69, 9.17) is 0 Å². The average molecular weight is 213 g/mol. The second-order valence-electron chi connectivity index (χ2n) is 2.20. The van der Waals surface area contributed by atoms with Crippen molar-refractivity contribution >= 4 is 20.2 Å². The molecule has 0 N–H and O–H groups in total. The Morgan fingerprint density at radius 3 is 2.42 bits per heavy atom. The average Bonchev–Trinajstić information content (AvgIpc) is 2.05. The minimum absolute atomic E-state index is 0.492. The van der Waals surface area contributed by atoms with Crippen molar-refractivity contribution in [3.63, 3.8) is 0 Å². The predicted molar refractivity (Wildman–Crippen MR) is 37.5 cm³/mol. The Labute approximate surface area is 69.7 Å². The van der Waals surface area contributed by atoms with Crippen molar-refractivity contribution in [3.05, 3.63) is 11.5 Å². The first-order valence-electron chi connectivity index (χ1n) is 2.83. The van der Waals surface area contributed by atoms with E-state index in [1.54, 1.807) is 0 Å². The van der Waals surface area contributed by atoms with Gasteiger partial charge in [0.15, 0.2) is 9.84 Å². The molecule has 6 nitrogen and oxygen atoms in total.